The molecule has 2 aromatic rings. The molecule has 0 bridgehead atoms. The summed E-state index contributed by atoms with van der Waals surface area (Å²) in [6.45, 7) is 2.61. The van der Waals surface area contributed by atoms with Crippen molar-refractivity contribution in [1.82, 2.24) is 0 Å². The summed E-state index contributed by atoms with van der Waals surface area (Å²) in [5.41, 5.74) is 8.25. The first-order valence-electron chi connectivity index (χ1n) is 6.89. The molecule has 2 nitrogen and oxygen atoms in total. The Morgan fingerprint density at radius 2 is 1.95 bits per heavy atom. The second-order valence-electron chi connectivity index (χ2n) is 4.90. The smallest absolute Gasteiger partial charge is 0.123 e. The summed E-state index contributed by atoms with van der Waals surface area (Å²) in [7, 11) is 0. The Morgan fingerprint density at radius 1 is 1.15 bits per heavy atom. The van der Waals surface area contributed by atoms with E-state index >= 15 is 0 Å². The van der Waals surface area contributed by atoms with Crippen LogP contribution in [0, 0.1) is 0 Å². The van der Waals surface area contributed by atoms with E-state index in [1.165, 1.54) is 0 Å². The zero-order valence-electron chi connectivity index (χ0n) is 11.7. The van der Waals surface area contributed by atoms with E-state index in [4.69, 9.17) is 22.1 Å². The lowest BCUT2D eigenvalue weighted by Crippen LogP contribution is -2.21. The Kier molecular flexibility index (Phi) is 5.45. The molecule has 0 amide bonds. The number of hydrogen-bond donors (Lipinski definition) is 1. The quantitative estimate of drug-likeness (QED) is 0.865. The standard InChI is InChI=1S/C17H20ClNO/c1-2-16(19)11-14-7-3-4-9-17(14)20-12-13-6-5-8-15(18)10-13/h3-10,16H,2,11-12,19H2,1H3. The van der Waals surface area contributed by atoms with Crippen molar-refractivity contribution in [2.24, 2.45) is 5.73 Å². The second-order valence-corrected chi connectivity index (χ2v) is 5.34. The van der Waals surface area contributed by atoms with Gasteiger partial charge >= 0.3 is 0 Å². The van der Waals surface area contributed by atoms with Crippen LogP contribution in [0.3, 0.4) is 0 Å². The van der Waals surface area contributed by atoms with E-state index in [-0.39, 0.29) is 6.04 Å². The number of halogens is 1. The maximum atomic E-state index is 6.03. The highest BCUT2D eigenvalue weighted by Gasteiger charge is 2.07. The van der Waals surface area contributed by atoms with Gasteiger partial charge in [0.15, 0.2) is 0 Å². The molecule has 0 aromatic heterocycles. The monoisotopic (exact) mass is 289 g/mol. The van der Waals surface area contributed by atoms with Crippen LogP contribution < -0.4 is 10.5 Å². The maximum Gasteiger partial charge on any atom is 0.123 e. The van der Waals surface area contributed by atoms with Gasteiger partial charge in [0.2, 0.25) is 0 Å². The third-order valence-electron chi connectivity index (χ3n) is 3.26. The first-order chi connectivity index (χ1) is 9.69. The summed E-state index contributed by atoms with van der Waals surface area (Å²) < 4.78 is 5.91. The fourth-order valence-corrected chi connectivity index (χ4v) is 2.24. The molecule has 3 heteroatoms. The van der Waals surface area contributed by atoms with Crippen molar-refractivity contribution in [3.05, 3.63) is 64.7 Å². The highest BCUT2D eigenvalue weighted by Crippen LogP contribution is 2.21. The lowest BCUT2D eigenvalue weighted by molar-refractivity contribution is 0.302. The van der Waals surface area contributed by atoms with Gasteiger partial charge in [-0.05, 0) is 42.2 Å². The van der Waals surface area contributed by atoms with Crippen molar-refractivity contribution in [3.8, 4) is 5.75 Å². The van der Waals surface area contributed by atoms with Gasteiger partial charge in [0.05, 0.1) is 0 Å². The third-order valence-corrected chi connectivity index (χ3v) is 3.50. The van der Waals surface area contributed by atoms with Gasteiger partial charge < -0.3 is 10.5 Å². The molecule has 0 aliphatic rings. The highest BCUT2D eigenvalue weighted by atomic mass is 35.5. The minimum Gasteiger partial charge on any atom is -0.489 e. The van der Waals surface area contributed by atoms with E-state index < -0.39 is 0 Å². The number of ether oxygens (including phenoxy) is 1. The molecule has 0 radical (unpaired) electrons. The van der Waals surface area contributed by atoms with E-state index in [1.807, 2.05) is 42.5 Å². The zero-order chi connectivity index (χ0) is 14.4. The first kappa shape index (κ1) is 14.9. The molecule has 0 aliphatic carbocycles. The minimum atomic E-state index is 0.172. The molecule has 2 aromatic carbocycles. The number of nitrogens with two attached hydrogens (primary N) is 1. The number of benzene rings is 2. The van der Waals surface area contributed by atoms with Crippen molar-refractivity contribution in [1.29, 1.82) is 0 Å². The lowest BCUT2D eigenvalue weighted by Gasteiger charge is -2.14. The lowest BCUT2D eigenvalue weighted by atomic mass is 10.0. The fraction of sp³-hybridized carbons (Fsp3) is 0.294. The summed E-state index contributed by atoms with van der Waals surface area (Å²) in [5.74, 6) is 0.899. The summed E-state index contributed by atoms with van der Waals surface area (Å²) in [6.07, 6.45) is 1.80. The van der Waals surface area contributed by atoms with Crippen LogP contribution in [0.5, 0.6) is 5.75 Å². The molecular formula is C17H20ClNO. The molecule has 1 unspecified atom stereocenters. The first-order valence-corrected chi connectivity index (χ1v) is 7.27. The van der Waals surface area contributed by atoms with E-state index in [0.29, 0.717) is 6.61 Å². The average molecular weight is 290 g/mol. The van der Waals surface area contributed by atoms with Crippen LogP contribution in [0.15, 0.2) is 48.5 Å². The topological polar surface area (TPSA) is 35.2 Å². The van der Waals surface area contributed by atoms with Gasteiger partial charge in [-0.2, -0.15) is 0 Å². The molecule has 0 heterocycles. The number of para-hydroxylation sites is 1. The van der Waals surface area contributed by atoms with E-state index in [1.54, 1.807) is 0 Å². The van der Waals surface area contributed by atoms with Crippen LogP contribution in [0.2, 0.25) is 5.02 Å². The summed E-state index contributed by atoms with van der Waals surface area (Å²) in [6, 6.07) is 15.9. The van der Waals surface area contributed by atoms with E-state index in [0.717, 1.165) is 34.7 Å². The molecule has 0 saturated heterocycles. The van der Waals surface area contributed by atoms with Crippen LogP contribution in [0.1, 0.15) is 24.5 Å². The predicted molar refractivity (Wildman–Crippen MR) is 84.2 cm³/mol. The van der Waals surface area contributed by atoms with Gasteiger partial charge in [0.25, 0.3) is 0 Å². The van der Waals surface area contributed by atoms with Gasteiger partial charge in [-0.1, -0.05) is 48.9 Å². The van der Waals surface area contributed by atoms with Crippen molar-refractivity contribution < 1.29 is 4.74 Å². The Morgan fingerprint density at radius 3 is 2.70 bits per heavy atom. The van der Waals surface area contributed by atoms with Crippen molar-refractivity contribution in [2.75, 3.05) is 0 Å². The van der Waals surface area contributed by atoms with Gasteiger partial charge in [0.1, 0.15) is 12.4 Å². The van der Waals surface area contributed by atoms with Gasteiger partial charge in [-0.3, -0.25) is 0 Å². The predicted octanol–water partition coefficient (Wildman–Crippen LogP) is 4.20. The van der Waals surface area contributed by atoms with Crippen LogP contribution in [-0.2, 0) is 13.0 Å². The van der Waals surface area contributed by atoms with Crippen molar-refractivity contribution >= 4 is 11.6 Å². The summed E-state index contributed by atoms with van der Waals surface area (Å²) in [5, 5.41) is 0.729. The third kappa shape index (κ3) is 4.26. The molecule has 0 aliphatic heterocycles. The number of rotatable bonds is 6. The molecule has 2 rings (SSSR count). The Labute approximate surface area is 125 Å². The van der Waals surface area contributed by atoms with Crippen LogP contribution in [0.25, 0.3) is 0 Å². The molecule has 0 fully saturated rings. The van der Waals surface area contributed by atoms with Crippen molar-refractivity contribution in [2.45, 2.75) is 32.4 Å². The highest BCUT2D eigenvalue weighted by molar-refractivity contribution is 6.30. The van der Waals surface area contributed by atoms with Gasteiger partial charge in [0, 0.05) is 11.1 Å². The molecule has 20 heavy (non-hydrogen) atoms. The molecule has 0 spiro atoms. The second kappa shape index (κ2) is 7.32. The Hall–Kier alpha value is -1.51. The molecule has 106 valence electrons. The van der Waals surface area contributed by atoms with Gasteiger partial charge in [-0.15, -0.1) is 0 Å². The minimum absolute atomic E-state index is 0.172. The van der Waals surface area contributed by atoms with E-state index in [2.05, 4.69) is 13.0 Å². The van der Waals surface area contributed by atoms with Crippen LogP contribution >= 0.6 is 11.6 Å². The fourth-order valence-electron chi connectivity index (χ4n) is 2.03. The molecule has 1 atom stereocenters. The average Bonchev–Trinajstić information content (AvgIpc) is 2.46. The van der Waals surface area contributed by atoms with Crippen molar-refractivity contribution in [3.63, 3.8) is 0 Å². The molecule has 0 saturated carbocycles. The van der Waals surface area contributed by atoms with Crippen LogP contribution in [-0.4, -0.2) is 6.04 Å². The summed E-state index contributed by atoms with van der Waals surface area (Å²) >= 11 is 5.97. The summed E-state index contributed by atoms with van der Waals surface area (Å²) in [4.78, 5) is 0. The zero-order valence-corrected chi connectivity index (χ0v) is 12.4. The van der Waals surface area contributed by atoms with Gasteiger partial charge in [-0.25, -0.2) is 0 Å². The number of hydrogen-bond acceptors (Lipinski definition) is 2. The molecule has 2 N–H and O–H groups in total. The SMILES string of the molecule is CCC(N)Cc1ccccc1OCc1cccc(Cl)c1. The maximum absolute atomic E-state index is 6.03. The van der Waals surface area contributed by atoms with E-state index in [9.17, 15) is 0 Å². The Balaban J connectivity index is 2.05. The normalized spacial score (nSPS) is 12.2. The molecular weight excluding hydrogens is 270 g/mol. The Bertz CT molecular complexity index is 556. The largest absolute Gasteiger partial charge is 0.489 e. The van der Waals surface area contributed by atoms with Crippen LogP contribution in [0.4, 0.5) is 0 Å².